The number of oxime groups is 1. The molecule has 3 atom stereocenters. The van der Waals surface area contributed by atoms with Crippen LogP contribution >= 0.6 is 23.1 Å². The number of nitrogens with zero attached hydrogens (tertiary/aromatic N) is 3. The minimum atomic E-state index is -1.06. The van der Waals surface area contributed by atoms with E-state index in [1.54, 1.807) is 13.8 Å². The molecule has 2 amide bonds. The minimum absolute atomic E-state index is 0.0509. The molecule has 10 nitrogen and oxygen atoms in total. The quantitative estimate of drug-likeness (QED) is 0.347. The number of nitrogens with one attached hydrogen (secondary N) is 1. The van der Waals surface area contributed by atoms with Gasteiger partial charge in [0.15, 0.2) is 10.8 Å². The van der Waals surface area contributed by atoms with Crippen molar-refractivity contribution < 1.29 is 24.3 Å². The molecule has 0 aromatic carbocycles. The number of β-lactam (4-membered cyclic amide) rings is 1. The van der Waals surface area contributed by atoms with Gasteiger partial charge in [0.2, 0.25) is 5.91 Å². The highest BCUT2D eigenvalue weighted by atomic mass is 32.2. The Morgan fingerprint density at radius 1 is 1.50 bits per heavy atom. The number of anilines is 1. The van der Waals surface area contributed by atoms with Crippen LogP contribution in [-0.2, 0) is 19.2 Å². The number of amides is 2. The highest BCUT2D eigenvalue weighted by Crippen LogP contribution is 2.50. The molecule has 140 valence electrons. The van der Waals surface area contributed by atoms with Crippen LogP contribution in [0.3, 0.4) is 0 Å². The summed E-state index contributed by atoms with van der Waals surface area (Å²) in [7, 11) is 1.29. The van der Waals surface area contributed by atoms with E-state index in [4.69, 9.17) is 10.6 Å². The van der Waals surface area contributed by atoms with Gasteiger partial charge in [-0.25, -0.2) is 9.78 Å². The van der Waals surface area contributed by atoms with E-state index in [0.717, 1.165) is 11.3 Å². The summed E-state index contributed by atoms with van der Waals surface area (Å²) in [6, 6.07) is -1.77. The van der Waals surface area contributed by atoms with Crippen molar-refractivity contribution in [3.63, 3.8) is 0 Å². The second kappa shape index (κ2) is 6.43. The van der Waals surface area contributed by atoms with Crippen molar-refractivity contribution in [2.75, 3.05) is 12.8 Å². The van der Waals surface area contributed by atoms with Gasteiger partial charge in [-0.1, -0.05) is 16.5 Å². The van der Waals surface area contributed by atoms with E-state index < -0.39 is 40.0 Å². The average molecular weight is 399 g/mol. The molecular weight excluding hydrogens is 382 g/mol. The molecule has 1 aromatic heterocycles. The molecule has 0 aliphatic carbocycles. The zero-order valence-electron chi connectivity index (χ0n) is 14.1. The van der Waals surface area contributed by atoms with Crippen LogP contribution in [0.5, 0.6) is 0 Å². The Bertz CT molecular complexity index is 807. The van der Waals surface area contributed by atoms with Gasteiger partial charge in [0.25, 0.3) is 5.91 Å². The van der Waals surface area contributed by atoms with E-state index in [9.17, 15) is 19.5 Å². The van der Waals surface area contributed by atoms with E-state index >= 15 is 0 Å². The molecule has 3 heterocycles. The summed E-state index contributed by atoms with van der Waals surface area (Å²) >= 11 is 2.40. The number of aromatic nitrogens is 1. The van der Waals surface area contributed by atoms with Crippen LogP contribution in [0.4, 0.5) is 5.13 Å². The topological polar surface area (TPSA) is 147 Å². The summed E-state index contributed by atoms with van der Waals surface area (Å²) in [5, 5.41) is 15.5. The molecule has 0 bridgehead atoms. The molecule has 0 spiro atoms. The molecule has 0 saturated carbocycles. The largest absolute Gasteiger partial charge is 0.480 e. The molecule has 2 aliphatic rings. The molecule has 3 rings (SSSR count). The van der Waals surface area contributed by atoms with Crippen molar-refractivity contribution in [3.8, 4) is 0 Å². The summed E-state index contributed by atoms with van der Waals surface area (Å²) in [5.41, 5.74) is 5.53. The number of fused-ring (bicyclic) bond motifs is 1. The first-order valence-corrected chi connectivity index (χ1v) is 9.23. The van der Waals surface area contributed by atoms with Gasteiger partial charge in [-0.3, -0.25) is 9.59 Å². The average Bonchev–Trinajstić information content (AvgIpc) is 3.09. The molecule has 4 N–H and O–H groups in total. The lowest BCUT2D eigenvalue weighted by atomic mass is 9.96. The first-order chi connectivity index (χ1) is 12.2. The second-order valence-electron chi connectivity index (χ2n) is 6.23. The second-order valence-corrected chi connectivity index (χ2v) is 9.07. The maximum atomic E-state index is 12.6. The van der Waals surface area contributed by atoms with Gasteiger partial charge in [-0.05, 0) is 13.8 Å². The number of thioether (sulfide) groups is 1. The number of carbonyl (C=O) groups is 3. The number of carboxylic acid groups (broad SMARTS) is 1. The van der Waals surface area contributed by atoms with Crippen molar-refractivity contribution >= 4 is 51.7 Å². The summed E-state index contributed by atoms with van der Waals surface area (Å²) in [6.07, 6.45) is 1.39. The highest BCUT2D eigenvalue weighted by Gasteiger charge is 2.64. The first-order valence-electron chi connectivity index (χ1n) is 7.54. The molecule has 0 unspecified atom stereocenters. The van der Waals surface area contributed by atoms with Crippen molar-refractivity contribution in [2.45, 2.75) is 36.1 Å². The molecule has 0 radical (unpaired) electrons. The van der Waals surface area contributed by atoms with E-state index in [2.05, 4.69) is 15.5 Å². The summed E-state index contributed by atoms with van der Waals surface area (Å²) in [4.78, 5) is 46.8. The number of nitrogens with two attached hydrogens (primary N) is 1. The van der Waals surface area contributed by atoms with E-state index in [0.29, 0.717) is 4.88 Å². The van der Waals surface area contributed by atoms with Crippen LogP contribution in [0.15, 0.2) is 11.4 Å². The van der Waals surface area contributed by atoms with Crippen LogP contribution in [0.2, 0.25) is 0 Å². The lowest BCUT2D eigenvalue weighted by Crippen LogP contribution is -2.71. The molecule has 12 heteroatoms. The monoisotopic (exact) mass is 399 g/mol. The smallest absolute Gasteiger partial charge is 0.327 e. The lowest BCUT2D eigenvalue weighted by molar-refractivity contribution is -0.160. The third-order valence-electron chi connectivity index (χ3n) is 4.12. The Kier molecular flexibility index (Phi) is 4.56. The molecule has 1 aromatic rings. The summed E-state index contributed by atoms with van der Waals surface area (Å²) in [6.45, 7) is 3.53. The fourth-order valence-electron chi connectivity index (χ4n) is 3.04. The summed E-state index contributed by atoms with van der Waals surface area (Å²) in [5.74, 6) is -2.12. The SMILES string of the molecule is CO/N=C(/C(=O)N[C@@H]1C(=O)N2[C@@H]1SC(C)(C)[C@@H]2C(=O)O)c1cnc(N)s1. The van der Waals surface area contributed by atoms with Crippen LogP contribution in [0.1, 0.15) is 18.7 Å². The van der Waals surface area contributed by atoms with Gasteiger partial charge in [-0.2, -0.15) is 0 Å². The normalized spacial score (nSPS) is 26.9. The van der Waals surface area contributed by atoms with Gasteiger partial charge in [0.1, 0.15) is 24.6 Å². The number of hydrogen-bond donors (Lipinski definition) is 3. The standard InChI is InChI=1S/C14H17N5O5S2/c1-14(2)8(12(22)23)19-10(21)7(11(19)26-14)17-9(20)6(18-24-3)5-4-16-13(15)25-5/h4,7-8,11H,1-3H3,(H2,15,16)(H,17,20)(H,22,23)/b18-6+/t7-,8+,11-/m1/s1. The molecule has 2 fully saturated rings. The molecular formula is C14H17N5O5S2. The van der Waals surface area contributed by atoms with Crippen LogP contribution in [0.25, 0.3) is 0 Å². The zero-order chi connectivity index (χ0) is 19.2. The van der Waals surface area contributed by atoms with Crippen LogP contribution in [0, 0.1) is 0 Å². The maximum absolute atomic E-state index is 12.6. The Morgan fingerprint density at radius 2 is 2.19 bits per heavy atom. The van der Waals surface area contributed by atoms with Gasteiger partial charge in [-0.15, -0.1) is 11.8 Å². The predicted octanol–water partition coefficient (Wildman–Crippen LogP) is -0.292. The van der Waals surface area contributed by atoms with E-state index in [1.807, 2.05) is 0 Å². The van der Waals surface area contributed by atoms with Gasteiger partial charge in [0, 0.05) is 10.9 Å². The van der Waals surface area contributed by atoms with Crippen molar-refractivity contribution in [1.82, 2.24) is 15.2 Å². The number of hydrogen-bond acceptors (Lipinski definition) is 9. The zero-order valence-corrected chi connectivity index (χ0v) is 15.8. The van der Waals surface area contributed by atoms with Crippen molar-refractivity contribution in [2.24, 2.45) is 5.16 Å². The Labute approximate surface area is 156 Å². The number of nitrogen functional groups attached to an aromatic ring is 1. The van der Waals surface area contributed by atoms with Gasteiger partial charge < -0.3 is 25.9 Å². The first kappa shape index (κ1) is 18.5. The lowest BCUT2D eigenvalue weighted by Gasteiger charge is -2.43. The fourth-order valence-corrected chi connectivity index (χ4v) is 5.33. The fraction of sp³-hybridized carbons (Fsp3) is 0.500. The number of carbonyl (C=O) groups excluding carboxylic acids is 2. The molecule has 26 heavy (non-hydrogen) atoms. The Hall–Kier alpha value is -2.34. The highest BCUT2D eigenvalue weighted by molar-refractivity contribution is 8.01. The van der Waals surface area contributed by atoms with Crippen molar-refractivity contribution in [1.29, 1.82) is 0 Å². The van der Waals surface area contributed by atoms with Gasteiger partial charge in [0.05, 0.1) is 4.88 Å². The number of aliphatic carboxylic acids is 1. The van der Waals surface area contributed by atoms with Crippen LogP contribution < -0.4 is 11.1 Å². The number of thiazole rings is 1. The number of rotatable bonds is 5. The van der Waals surface area contributed by atoms with Gasteiger partial charge >= 0.3 is 5.97 Å². The van der Waals surface area contributed by atoms with E-state index in [-0.39, 0.29) is 10.8 Å². The van der Waals surface area contributed by atoms with Crippen LogP contribution in [-0.4, -0.2) is 67.8 Å². The number of carboxylic acids is 1. The molecule has 2 aliphatic heterocycles. The summed E-state index contributed by atoms with van der Waals surface area (Å²) < 4.78 is -0.665. The van der Waals surface area contributed by atoms with Crippen molar-refractivity contribution in [3.05, 3.63) is 11.1 Å². The minimum Gasteiger partial charge on any atom is -0.480 e. The Balaban J connectivity index is 1.78. The third-order valence-corrected chi connectivity index (χ3v) is 6.52. The van der Waals surface area contributed by atoms with E-state index in [1.165, 1.54) is 30.0 Å². The predicted molar refractivity (Wildman–Crippen MR) is 95.7 cm³/mol. The maximum Gasteiger partial charge on any atom is 0.327 e. The molecule has 2 saturated heterocycles. The third kappa shape index (κ3) is 2.88. The Morgan fingerprint density at radius 3 is 2.73 bits per heavy atom.